The first kappa shape index (κ1) is 18.7. The number of aryl methyl sites for hydroxylation is 3. The molecular weight excluding hydrogens is 368 g/mol. The number of thiophene rings is 1. The van der Waals surface area contributed by atoms with Crippen molar-refractivity contribution < 1.29 is 9.59 Å². The van der Waals surface area contributed by atoms with Crippen LogP contribution in [0.4, 0.5) is 5.00 Å². The molecule has 26 heavy (non-hydrogen) atoms. The van der Waals surface area contributed by atoms with E-state index in [1.54, 1.807) is 6.08 Å². The third-order valence-electron chi connectivity index (χ3n) is 4.54. The number of rotatable bonds is 4. The Hall–Kier alpha value is -2.11. The molecule has 1 aromatic heterocycles. The second kappa shape index (κ2) is 7.64. The number of primary amides is 1. The summed E-state index contributed by atoms with van der Waals surface area (Å²) in [7, 11) is 0. The van der Waals surface area contributed by atoms with Crippen LogP contribution < -0.4 is 11.1 Å². The van der Waals surface area contributed by atoms with Crippen LogP contribution in [0.15, 0.2) is 18.2 Å². The molecule has 2 aromatic rings. The molecule has 0 fully saturated rings. The number of carbonyl (C=O) groups excluding carboxylic acids is 2. The highest BCUT2D eigenvalue weighted by Gasteiger charge is 2.24. The van der Waals surface area contributed by atoms with Gasteiger partial charge in [-0.15, -0.1) is 11.3 Å². The Bertz CT molecular complexity index is 892. The second-order valence-corrected chi connectivity index (χ2v) is 8.05. The predicted molar refractivity (Wildman–Crippen MR) is 108 cm³/mol. The van der Waals surface area contributed by atoms with E-state index < -0.39 is 5.91 Å². The molecule has 0 aliphatic heterocycles. The minimum absolute atomic E-state index is 0.281. The molecule has 1 aliphatic carbocycles. The summed E-state index contributed by atoms with van der Waals surface area (Å²) in [6.45, 7) is 3.87. The first-order valence-corrected chi connectivity index (χ1v) is 9.76. The van der Waals surface area contributed by atoms with Crippen molar-refractivity contribution in [3.8, 4) is 0 Å². The minimum Gasteiger partial charge on any atom is -0.365 e. The Labute approximate surface area is 162 Å². The number of nitrogens with two attached hydrogens (primary N) is 1. The number of amides is 2. The van der Waals surface area contributed by atoms with Gasteiger partial charge in [-0.05, 0) is 67.9 Å². The standard InChI is InChI=1S/C20H21ClN2O2S/c1-11-9-13(10-12(2)18(11)21)7-8-16(24)23-20-17(19(22)25)14-5-3-4-6-15(14)26-20/h7-10H,3-6H2,1-2H3,(H2,22,25)(H,23,24). The number of nitrogens with one attached hydrogen (secondary N) is 1. The fourth-order valence-corrected chi connectivity index (χ4v) is 4.72. The van der Waals surface area contributed by atoms with E-state index in [1.807, 2.05) is 26.0 Å². The summed E-state index contributed by atoms with van der Waals surface area (Å²) in [5, 5.41) is 4.12. The molecule has 3 N–H and O–H groups in total. The third-order valence-corrected chi connectivity index (χ3v) is 6.34. The lowest BCUT2D eigenvalue weighted by molar-refractivity contribution is -0.111. The normalized spacial score (nSPS) is 13.7. The summed E-state index contributed by atoms with van der Waals surface area (Å²) in [6, 6.07) is 3.86. The van der Waals surface area contributed by atoms with Gasteiger partial charge in [0.1, 0.15) is 5.00 Å². The number of halogens is 1. The van der Waals surface area contributed by atoms with Crippen molar-refractivity contribution in [3.63, 3.8) is 0 Å². The predicted octanol–water partition coefficient (Wildman–Crippen LogP) is 4.65. The molecule has 0 saturated heterocycles. The maximum Gasteiger partial charge on any atom is 0.251 e. The summed E-state index contributed by atoms with van der Waals surface area (Å²) < 4.78 is 0. The fourth-order valence-electron chi connectivity index (χ4n) is 3.32. The first-order valence-electron chi connectivity index (χ1n) is 8.57. The topological polar surface area (TPSA) is 72.2 Å². The maximum atomic E-state index is 12.3. The van der Waals surface area contributed by atoms with Crippen LogP contribution in [0.25, 0.3) is 6.08 Å². The van der Waals surface area contributed by atoms with Gasteiger partial charge in [0.05, 0.1) is 5.56 Å². The van der Waals surface area contributed by atoms with Crippen LogP contribution in [0.1, 0.15) is 50.3 Å². The van der Waals surface area contributed by atoms with E-state index in [0.29, 0.717) is 10.6 Å². The van der Waals surface area contributed by atoms with Gasteiger partial charge < -0.3 is 11.1 Å². The van der Waals surface area contributed by atoms with Gasteiger partial charge in [0.2, 0.25) is 5.91 Å². The van der Waals surface area contributed by atoms with Crippen LogP contribution in [-0.2, 0) is 17.6 Å². The second-order valence-electron chi connectivity index (χ2n) is 6.57. The molecule has 1 heterocycles. The zero-order valence-corrected chi connectivity index (χ0v) is 16.4. The molecule has 1 aromatic carbocycles. The van der Waals surface area contributed by atoms with Crippen LogP contribution in [0.2, 0.25) is 5.02 Å². The lowest BCUT2D eigenvalue weighted by atomic mass is 9.95. The van der Waals surface area contributed by atoms with Gasteiger partial charge in [-0.3, -0.25) is 9.59 Å². The molecule has 0 unspecified atom stereocenters. The van der Waals surface area contributed by atoms with Gasteiger partial charge in [-0.25, -0.2) is 0 Å². The Morgan fingerprint density at radius 3 is 2.50 bits per heavy atom. The van der Waals surface area contributed by atoms with Crippen molar-refractivity contribution in [2.24, 2.45) is 5.73 Å². The van der Waals surface area contributed by atoms with Crippen LogP contribution in [0, 0.1) is 13.8 Å². The van der Waals surface area contributed by atoms with Crippen molar-refractivity contribution in [3.05, 3.63) is 55.9 Å². The first-order chi connectivity index (χ1) is 12.4. The number of anilines is 1. The highest BCUT2D eigenvalue weighted by atomic mass is 35.5. The van der Waals surface area contributed by atoms with Crippen LogP contribution in [0.5, 0.6) is 0 Å². The summed E-state index contributed by atoms with van der Waals surface area (Å²) >= 11 is 7.63. The minimum atomic E-state index is -0.479. The van der Waals surface area contributed by atoms with Crippen molar-refractivity contribution in [1.29, 1.82) is 0 Å². The molecule has 3 rings (SSSR count). The molecule has 136 valence electrons. The summed E-state index contributed by atoms with van der Waals surface area (Å²) in [5.74, 6) is -0.760. The van der Waals surface area contributed by atoms with Crippen LogP contribution >= 0.6 is 22.9 Å². The van der Waals surface area contributed by atoms with E-state index >= 15 is 0 Å². The third kappa shape index (κ3) is 3.84. The average Bonchev–Trinajstić information content (AvgIpc) is 2.95. The van der Waals surface area contributed by atoms with E-state index in [-0.39, 0.29) is 5.91 Å². The summed E-state index contributed by atoms with van der Waals surface area (Å²) in [6.07, 6.45) is 7.14. The molecule has 4 nitrogen and oxygen atoms in total. The molecule has 0 atom stereocenters. The smallest absolute Gasteiger partial charge is 0.251 e. The molecule has 0 bridgehead atoms. The fraction of sp³-hybridized carbons (Fsp3) is 0.300. The molecule has 0 radical (unpaired) electrons. The molecule has 0 saturated carbocycles. The maximum absolute atomic E-state index is 12.3. The molecule has 1 aliphatic rings. The van der Waals surface area contributed by atoms with Gasteiger partial charge >= 0.3 is 0 Å². The SMILES string of the molecule is Cc1cc(C=CC(=O)Nc2sc3c(c2C(N)=O)CCCC3)cc(C)c1Cl. The van der Waals surface area contributed by atoms with Crippen LogP contribution in [-0.4, -0.2) is 11.8 Å². The average molecular weight is 389 g/mol. The van der Waals surface area contributed by atoms with Gasteiger partial charge in [0.15, 0.2) is 0 Å². The Balaban J connectivity index is 1.80. The zero-order chi connectivity index (χ0) is 18.8. The number of benzene rings is 1. The van der Waals surface area contributed by atoms with Crippen molar-refractivity contribution >= 4 is 45.8 Å². The number of hydrogen-bond acceptors (Lipinski definition) is 3. The zero-order valence-electron chi connectivity index (χ0n) is 14.8. The number of fused-ring (bicyclic) bond motifs is 1. The quantitative estimate of drug-likeness (QED) is 0.748. The van der Waals surface area contributed by atoms with Crippen molar-refractivity contribution in [1.82, 2.24) is 0 Å². The highest BCUT2D eigenvalue weighted by molar-refractivity contribution is 7.17. The molecule has 2 amide bonds. The Kier molecular flexibility index (Phi) is 5.49. The Morgan fingerprint density at radius 1 is 1.19 bits per heavy atom. The van der Waals surface area contributed by atoms with Crippen molar-refractivity contribution in [2.45, 2.75) is 39.5 Å². The molecule has 0 spiro atoms. The van der Waals surface area contributed by atoms with Gasteiger partial charge in [0, 0.05) is 16.0 Å². The van der Waals surface area contributed by atoms with Gasteiger partial charge in [0.25, 0.3) is 5.91 Å². The monoisotopic (exact) mass is 388 g/mol. The van der Waals surface area contributed by atoms with E-state index in [2.05, 4.69) is 5.32 Å². The van der Waals surface area contributed by atoms with Crippen LogP contribution in [0.3, 0.4) is 0 Å². The lowest BCUT2D eigenvalue weighted by Gasteiger charge is -2.11. The summed E-state index contributed by atoms with van der Waals surface area (Å²) in [4.78, 5) is 25.4. The molecular formula is C20H21ClN2O2S. The van der Waals surface area contributed by atoms with E-state index in [1.165, 1.54) is 17.4 Å². The number of hydrogen-bond donors (Lipinski definition) is 2. The van der Waals surface area contributed by atoms with E-state index in [9.17, 15) is 9.59 Å². The summed E-state index contributed by atoms with van der Waals surface area (Å²) in [5.41, 5.74) is 9.88. The lowest BCUT2D eigenvalue weighted by Crippen LogP contribution is -2.17. The van der Waals surface area contributed by atoms with Gasteiger partial charge in [-0.1, -0.05) is 23.7 Å². The highest BCUT2D eigenvalue weighted by Crippen LogP contribution is 2.37. The van der Waals surface area contributed by atoms with E-state index in [0.717, 1.165) is 57.8 Å². The molecule has 6 heteroatoms. The van der Waals surface area contributed by atoms with E-state index in [4.69, 9.17) is 17.3 Å². The Morgan fingerprint density at radius 2 is 1.85 bits per heavy atom. The van der Waals surface area contributed by atoms with Gasteiger partial charge in [-0.2, -0.15) is 0 Å². The number of carbonyl (C=O) groups is 2. The largest absolute Gasteiger partial charge is 0.365 e. The van der Waals surface area contributed by atoms with Crippen molar-refractivity contribution in [2.75, 3.05) is 5.32 Å².